The zero-order valence-electron chi connectivity index (χ0n) is 12.8. The molecule has 0 bridgehead atoms. The van der Waals surface area contributed by atoms with Crippen LogP contribution in [0.25, 0.3) is 0 Å². The third kappa shape index (κ3) is 4.44. The highest BCUT2D eigenvalue weighted by atomic mass is 16.5. The van der Waals surface area contributed by atoms with Crippen LogP contribution in [0, 0.1) is 5.92 Å². The van der Waals surface area contributed by atoms with Crippen molar-refractivity contribution in [1.29, 1.82) is 0 Å². The fourth-order valence-corrected chi connectivity index (χ4v) is 2.62. The number of likely N-dealkylation sites (N-methyl/N-ethyl adjacent to an activating group) is 1. The molecule has 1 aliphatic rings. The third-order valence-electron chi connectivity index (χ3n) is 4.05. The zero-order chi connectivity index (χ0) is 15.2. The molecule has 1 aromatic carbocycles. The highest BCUT2D eigenvalue weighted by Crippen LogP contribution is 2.34. The Kier molecular flexibility index (Phi) is 5.59. The Morgan fingerprint density at radius 2 is 2.19 bits per heavy atom. The summed E-state index contributed by atoms with van der Waals surface area (Å²) < 4.78 is 5.23. The van der Waals surface area contributed by atoms with Gasteiger partial charge in [0, 0.05) is 25.6 Å². The second kappa shape index (κ2) is 7.43. The van der Waals surface area contributed by atoms with E-state index in [2.05, 4.69) is 10.2 Å². The number of anilines is 1. The van der Waals surface area contributed by atoms with Crippen molar-refractivity contribution < 1.29 is 9.53 Å². The molecule has 0 radical (unpaired) electrons. The summed E-state index contributed by atoms with van der Waals surface area (Å²) in [7, 11) is 3.65. The minimum absolute atomic E-state index is 0.00193. The molecule has 0 aliphatic heterocycles. The Labute approximate surface area is 126 Å². The molecule has 5 heteroatoms. The number of benzene rings is 1. The van der Waals surface area contributed by atoms with Crippen molar-refractivity contribution in [3.8, 4) is 5.75 Å². The Bertz CT molecular complexity index is 474. The molecule has 0 saturated heterocycles. The summed E-state index contributed by atoms with van der Waals surface area (Å²) in [5.41, 5.74) is 6.54. The van der Waals surface area contributed by atoms with E-state index in [-0.39, 0.29) is 5.91 Å². The lowest BCUT2D eigenvalue weighted by Gasteiger charge is -2.26. The topological polar surface area (TPSA) is 67.6 Å². The first kappa shape index (κ1) is 15.8. The number of nitrogens with two attached hydrogens (primary N) is 1. The molecule has 0 heterocycles. The lowest BCUT2D eigenvalue weighted by Crippen LogP contribution is -2.40. The first-order valence-corrected chi connectivity index (χ1v) is 7.49. The number of hydrogen-bond donors (Lipinski definition) is 2. The van der Waals surface area contributed by atoms with E-state index in [1.807, 2.05) is 31.3 Å². The molecule has 1 fully saturated rings. The van der Waals surface area contributed by atoms with Crippen LogP contribution in [0.3, 0.4) is 0 Å². The SMILES string of the molecule is COc1ccccc1NC(=O)CCN(C)C(CN)C1CC1. The summed E-state index contributed by atoms with van der Waals surface area (Å²) in [5, 5.41) is 2.90. The van der Waals surface area contributed by atoms with Gasteiger partial charge in [-0.25, -0.2) is 0 Å². The van der Waals surface area contributed by atoms with E-state index in [0.29, 0.717) is 30.4 Å². The van der Waals surface area contributed by atoms with Crippen molar-refractivity contribution in [3.05, 3.63) is 24.3 Å². The summed E-state index contributed by atoms with van der Waals surface area (Å²) >= 11 is 0. The highest BCUT2D eigenvalue weighted by Gasteiger charge is 2.32. The maximum Gasteiger partial charge on any atom is 0.225 e. The first-order chi connectivity index (χ1) is 10.2. The number of rotatable bonds is 8. The molecule has 1 atom stereocenters. The standard InChI is InChI=1S/C16H25N3O2/c1-19(14(11-17)12-7-8-12)10-9-16(20)18-13-5-3-4-6-15(13)21-2/h3-6,12,14H,7-11,17H2,1-2H3,(H,18,20). The lowest BCUT2D eigenvalue weighted by atomic mass is 10.1. The second-order valence-electron chi connectivity index (χ2n) is 5.62. The molecule has 116 valence electrons. The summed E-state index contributed by atoms with van der Waals surface area (Å²) in [6.07, 6.45) is 2.98. The predicted octanol–water partition coefficient (Wildman–Crippen LogP) is 1.69. The fourth-order valence-electron chi connectivity index (χ4n) is 2.62. The number of nitrogens with zero attached hydrogens (tertiary/aromatic N) is 1. The van der Waals surface area contributed by atoms with Crippen LogP contribution < -0.4 is 15.8 Å². The van der Waals surface area contributed by atoms with Gasteiger partial charge < -0.3 is 20.7 Å². The quantitative estimate of drug-likeness (QED) is 0.765. The third-order valence-corrected chi connectivity index (χ3v) is 4.05. The smallest absolute Gasteiger partial charge is 0.225 e. The highest BCUT2D eigenvalue weighted by molar-refractivity contribution is 5.92. The molecule has 0 spiro atoms. The Hall–Kier alpha value is -1.59. The van der Waals surface area contributed by atoms with Crippen LogP contribution in [0.4, 0.5) is 5.69 Å². The van der Waals surface area contributed by atoms with Gasteiger partial charge in [-0.1, -0.05) is 12.1 Å². The van der Waals surface area contributed by atoms with Crippen LogP contribution in [0.5, 0.6) is 5.75 Å². The molecule has 3 N–H and O–H groups in total. The summed E-state index contributed by atoms with van der Waals surface area (Å²) in [6.45, 7) is 1.38. The molecule has 1 amide bonds. The number of nitrogens with one attached hydrogen (secondary N) is 1. The van der Waals surface area contributed by atoms with Crippen molar-refractivity contribution >= 4 is 11.6 Å². The van der Waals surface area contributed by atoms with Crippen LogP contribution in [0.1, 0.15) is 19.3 Å². The number of hydrogen-bond acceptors (Lipinski definition) is 4. The van der Waals surface area contributed by atoms with Gasteiger partial charge in [0.05, 0.1) is 12.8 Å². The maximum atomic E-state index is 12.1. The lowest BCUT2D eigenvalue weighted by molar-refractivity contribution is -0.116. The first-order valence-electron chi connectivity index (χ1n) is 7.49. The molecule has 1 unspecified atom stereocenters. The Balaban J connectivity index is 1.81. The number of methoxy groups -OCH3 is 1. The maximum absolute atomic E-state index is 12.1. The molecule has 1 aliphatic carbocycles. The van der Waals surface area contributed by atoms with E-state index >= 15 is 0 Å². The van der Waals surface area contributed by atoms with E-state index < -0.39 is 0 Å². The minimum atomic E-state index is -0.00193. The van der Waals surface area contributed by atoms with Crippen LogP contribution in [0.2, 0.25) is 0 Å². The van der Waals surface area contributed by atoms with Gasteiger partial charge in [0.1, 0.15) is 5.75 Å². The Morgan fingerprint density at radius 1 is 1.48 bits per heavy atom. The molecule has 21 heavy (non-hydrogen) atoms. The van der Waals surface area contributed by atoms with Gasteiger partial charge in [-0.2, -0.15) is 0 Å². The molecular formula is C16H25N3O2. The number of ether oxygens (including phenoxy) is 1. The van der Waals surface area contributed by atoms with Gasteiger partial charge >= 0.3 is 0 Å². The van der Waals surface area contributed by atoms with Crippen molar-refractivity contribution in [2.75, 3.05) is 32.6 Å². The van der Waals surface area contributed by atoms with Gasteiger partial charge in [0.25, 0.3) is 0 Å². The summed E-state index contributed by atoms with van der Waals surface area (Å²) in [4.78, 5) is 14.3. The zero-order valence-corrected chi connectivity index (χ0v) is 12.8. The molecular weight excluding hydrogens is 266 g/mol. The Morgan fingerprint density at radius 3 is 2.81 bits per heavy atom. The van der Waals surface area contributed by atoms with E-state index in [4.69, 9.17) is 10.5 Å². The molecule has 5 nitrogen and oxygen atoms in total. The molecule has 0 aromatic heterocycles. The van der Waals surface area contributed by atoms with Gasteiger partial charge in [0.15, 0.2) is 0 Å². The van der Waals surface area contributed by atoms with E-state index in [0.717, 1.165) is 12.5 Å². The molecule has 1 aromatic rings. The molecule has 2 rings (SSSR count). The van der Waals surface area contributed by atoms with Crippen molar-refractivity contribution in [1.82, 2.24) is 4.90 Å². The molecule has 1 saturated carbocycles. The average molecular weight is 291 g/mol. The van der Waals surface area contributed by atoms with Gasteiger partial charge in [-0.05, 0) is 37.9 Å². The normalized spacial score (nSPS) is 15.8. The average Bonchev–Trinajstić information content (AvgIpc) is 3.31. The van der Waals surface area contributed by atoms with Crippen LogP contribution in [0.15, 0.2) is 24.3 Å². The van der Waals surface area contributed by atoms with E-state index in [1.165, 1.54) is 12.8 Å². The van der Waals surface area contributed by atoms with Crippen molar-refractivity contribution in [2.24, 2.45) is 11.7 Å². The number of amides is 1. The number of carbonyl (C=O) groups is 1. The minimum Gasteiger partial charge on any atom is -0.495 e. The summed E-state index contributed by atoms with van der Waals surface area (Å²) in [5.74, 6) is 1.40. The monoisotopic (exact) mass is 291 g/mol. The van der Waals surface area contributed by atoms with Gasteiger partial charge in [-0.15, -0.1) is 0 Å². The van der Waals surface area contributed by atoms with E-state index in [9.17, 15) is 4.79 Å². The largest absolute Gasteiger partial charge is 0.495 e. The van der Waals surface area contributed by atoms with Crippen LogP contribution in [-0.4, -0.2) is 44.1 Å². The van der Waals surface area contributed by atoms with Gasteiger partial charge in [-0.3, -0.25) is 4.79 Å². The summed E-state index contributed by atoms with van der Waals surface area (Å²) in [6, 6.07) is 7.84. The van der Waals surface area contributed by atoms with Crippen LogP contribution >= 0.6 is 0 Å². The van der Waals surface area contributed by atoms with Crippen molar-refractivity contribution in [3.63, 3.8) is 0 Å². The van der Waals surface area contributed by atoms with Crippen molar-refractivity contribution in [2.45, 2.75) is 25.3 Å². The second-order valence-corrected chi connectivity index (χ2v) is 5.62. The predicted molar refractivity (Wildman–Crippen MR) is 84.4 cm³/mol. The number of carbonyl (C=O) groups excluding carboxylic acids is 1. The number of para-hydroxylation sites is 2. The van der Waals surface area contributed by atoms with Crippen LogP contribution in [-0.2, 0) is 4.79 Å². The van der Waals surface area contributed by atoms with E-state index in [1.54, 1.807) is 7.11 Å². The van der Waals surface area contributed by atoms with Gasteiger partial charge in [0.2, 0.25) is 5.91 Å². The fraction of sp³-hybridized carbons (Fsp3) is 0.562.